The summed E-state index contributed by atoms with van der Waals surface area (Å²) in [4.78, 5) is 26.4. The normalized spacial score (nSPS) is 10.2. The topological polar surface area (TPSA) is 108 Å². The molecule has 9 heteroatoms. The first-order valence-electron chi connectivity index (χ1n) is 4.88. The largest absolute Gasteiger partial charge is 0.477 e. The van der Waals surface area contributed by atoms with Crippen LogP contribution in [0.5, 0.6) is 0 Å². The van der Waals surface area contributed by atoms with Gasteiger partial charge in [0.25, 0.3) is 5.91 Å². The molecule has 2 aromatic rings. The Morgan fingerprint density at radius 3 is 2.79 bits per heavy atom. The minimum Gasteiger partial charge on any atom is -0.477 e. The fourth-order valence-corrected chi connectivity index (χ4v) is 1.78. The third-order valence-electron chi connectivity index (χ3n) is 2.10. The lowest BCUT2D eigenvalue weighted by Crippen LogP contribution is -2.13. The van der Waals surface area contributed by atoms with Crippen molar-refractivity contribution >= 4 is 45.2 Å². The summed E-state index contributed by atoms with van der Waals surface area (Å²) in [5.74, 6) is -1.63. The molecule has 7 nitrogen and oxygen atoms in total. The van der Waals surface area contributed by atoms with E-state index in [-0.39, 0.29) is 22.2 Å². The molecule has 0 spiro atoms. The number of H-pyrrole nitrogens is 1. The van der Waals surface area contributed by atoms with Crippen LogP contribution < -0.4 is 5.32 Å². The Hall–Kier alpha value is -1.93. The van der Waals surface area contributed by atoms with E-state index in [4.69, 9.17) is 16.7 Å². The van der Waals surface area contributed by atoms with Gasteiger partial charge in [0.05, 0.1) is 5.56 Å². The van der Waals surface area contributed by atoms with E-state index in [1.807, 2.05) is 0 Å². The third kappa shape index (κ3) is 3.09. The Morgan fingerprint density at radius 1 is 1.42 bits per heavy atom. The summed E-state index contributed by atoms with van der Waals surface area (Å²) in [6.45, 7) is 0. The Morgan fingerprint density at radius 2 is 2.16 bits per heavy atom. The SMILES string of the molecule is O=C(O)c1cc(NC(=O)c2cc(Br)cnc2Cl)n[nH]1. The first kappa shape index (κ1) is 13.5. The van der Waals surface area contributed by atoms with E-state index in [1.54, 1.807) is 0 Å². The smallest absolute Gasteiger partial charge is 0.353 e. The predicted octanol–water partition coefficient (Wildman–Crippen LogP) is 2.17. The first-order chi connectivity index (χ1) is 8.97. The summed E-state index contributed by atoms with van der Waals surface area (Å²) in [5.41, 5.74) is 0.0182. The first-order valence-corrected chi connectivity index (χ1v) is 6.05. The highest BCUT2D eigenvalue weighted by Crippen LogP contribution is 2.19. The van der Waals surface area contributed by atoms with Crippen LogP contribution in [-0.2, 0) is 0 Å². The van der Waals surface area contributed by atoms with Crippen molar-refractivity contribution in [2.75, 3.05) is 5.32 Å². The van der Waals surface area contributed by atoms with Crippen LogP contribution in [0.4, 0.5) is 5.82 Å². The molecule has 0 unspecified atom stereocenters. The molecule has 19 heavy (non-hydrogen) atoms. The number of pyridine rings is 1. The molecule has 1 amide bonds. The molecule has 0 atom stereocenters. The van der Waals surface area contributed by atoms with Gasteiger partial charge in [-0.1, -0.05) is 11.6 Å². The molecule has 2 heterocycles. The Balaban J connectivity index is 2.20. The molecule has 0 saturated heterocycles. The summed E-state index contributed by atoms with van der Waals surface area (Å²) in [6.07, 6.45) is 1.45. The summed E-state index contributed by atoms with van der Waals surface area (Å²) in [6, 6.07) is 2.69. The molecule has 2 rings (SSSR count). The number of nitrogens with one attached hydrogen (secondary N) is 2. The zero-order valence-electron chi connectivity index (χ0n) is 9.15. The highest BCUT2D eigenvalue weighted by molar-refractivity contribution is 9.10. The zero-order chi connectivity index (χ0) is 14.0. The summed E-state index contributed by atoms with van der Waals surface area (Å²) >= 11 is 8.97. The fourth-order valence-electron chi connectivity index (χ4n) is 1.26. The van der Waals surface area contributed by atoms with Crippen molar-refractivity contribution in [1.29, 1.82) is 0 Å². The highest BCUT2D eigenvalue weighted by Gasteiger charge is 2.15. The van der Waals surface area contributed by atoms with E-state index in [1.165, 1.54) is 18.3 Å². The van der Waals surface area contributed by atoms with Gasteiger partial charge in [-0.05, 0) is 22.0 Å². The van der Waals surface area contributed by atoms with Gasteiger partial charge < -0.3 is 10.4 Å². The van der Waals surface area contributed by atoms with Gasteiger partial charge in [0.1, 0.15) is 10.8 Å². The number of carbonyl (C=O) groups excluding carboxylic acids is 1. The van der Waals surface area contributed by atoms with Crippen molar-refractivity contribution in [2.45, 2.75) is 0 Å². The monoisotopic (exact) mass is 344 g/mol. The molecule has 0 radical (unpaired) electrons. The quantitative estimate of drug-likeness (QED) is 0.739. The second-order valence-electron chi connectivity index (χ2n) is 3.42. The molecule has 3 N–H and O–H groups in total. The number of nitrogens with zero attached hydrogens (tertiary/aromatic N) is 2. The number of halogens is 2. The van der Waals surface area contributed by atoms with Gasteiger partial charge >= 0.3 is 5.97 Å². The third-order valence-corrected chi connectivity index (χ3v) is 2.84. The maximum atomic E-state index is 11.9. The lowest BCUT2D eigenvalue weighted by Gasteiger charge is -2.03. The van der Waals surface area contributed by atoms with E-state index < -0.39 is 11.9 Å². The van der Waals surface area contributed by atoms with Crippen LogP contribution in [0.3, 0.4) is 0 Å². The maximum Gasteiger partial charge on any atom is 0.353 e. The fraction of sp³-hybridized carbons (Fsp3) is 0. The zero-order valence-corrected chi connectivity index (χ0v) is 11.5. The Kier molecular flexibility index (Phi) is 3.82. The van der Waals surface area contributed by atoms with Gasteiger partial charge in [-0.3, -0.25) is 9.89 Å². The van der Waals surface area contributed by atoms with Crippen LogP contribution in [0, 0.1) is 0 Å². The molecular formula is C10H6BrClN4O3. The number of carboxylic acids is 1. The number of carboxylic acid groups (broad SMARTS) is 1. The average molecular weight is 346 g/mol. The van der Waals surface area contributed by atoms with Gasteiger partial charge in [0.15, 0.2) is 5.82 Å². The molecule has 0 bridgehead atoms. The number of hydrogen-bond donors (Lipinski definition) is 3. The summed E-state index contributed by atoms with van der Waals surface area (Å²) < 4.78 is 0.593. The maximum absolute atomic E-state index is 11.9. The number of rotatable bonds is 3. The standard InChI is InChI=1S/C10H6BrClN4O3/c11-4-1-5(8(12)13-3-4)9(17)14-7-2-6(10(18)19)15-16-7/h1-3H,(H,18,19)(H2,14,15,16,17). The van der Waals surface area contributed by atoms with Crippen molar-refractivity contribution in [3.8, 4) is 0 Å². The number of aromatic carboxylic acids is 1. The van der Waals surface area contributed by atoms with E-state index in [9.17, 15) is 9.59 Å². The minimum absolute atomic E-state index is 0.0368. The number of aromatic amines is 1. The molecule has 0 fully saturated rings. The van der Waals surface area contributed by atoms with E-state index in [0.29, 0.717) is 4.47 Å². The van der Waals surface area contributed by atoms with Crippen LogP contribution in [0.25, 0.3) is 0 Å². The van der Waals surface area contributed by atoms with Crippen LogP contribution >= 0.6 is 27.5 Å². The molecule has 0 aromatic carbocycles. The highest BCUT2D eigenvalue weighted by atomic mass is 79.9. The Bertz CT molecular complexity index is 658. The van der Waals surface area contributed by atoms with E-state index >= 15 is 0 Å². The van der Waals surface area contributed by atoms with Crippen molar-refractivity contribution in [3.05, 3.63) is 39.2 Å². The average Bonchev–Trinajstić information content (AvgIpc) is 2.80. The molecule has 0 aliphatic rings. The second-order valence-corrected chi connectivity index (χ2v) is 4.69. The number of anilines is 1. The molecule has 0 aliphatic heterocycles. The van der Waals surface area contributed by atoms with E-state index in [0.717, 1.165) is 0 Å². The van der Waals surface area contributed by atoms with Crippen LogP contribution in [0.2, 0.25) is 5.15 Å². The van der Waals surface area contributed by atoms with Gasteiger partial charge in [0, 0.05) is 16.7 Å². The van der Waals surface area contributed by atoms with Crippen molar-refractivity contribution in [3.63, 3.8) is 0 Å². The van der Waals surface area contributed by atoms with Gasteiger partial charge in [-0.2, -0.15) is 5.10 Å². The van der Waals surface area contributed by atoms with Crippen LogP contribution in [0.15, 0.2) is 22.8 Å². The molecule has 0 aliphatic carbocycles. The predicted molar refractivity (Wildman–Crippen MR) is 70.4 cm³/mol. The minimum atomic E-state index is -1.17. The van der Waals surface area contributed by atoms with Crippen LogP contribution in [-0.4, -0.2) is 32.2 Å². The molecule has 98 valence electrons. The molecular weight excluding hydrogens is 339 g/mol. The second kappa shape index (κ2) is 5.37. The number of hydrogen-bond acceptors (Lipinski definition) is 4. The van der Waals surface area contributed by atoms with E-state index in [2.05, 4.69) is 36.4 Å². The lowest BCUT2D eigenvalue weighted by molar-refractivity contribution is 0.0690. The van der Waals surface area contributed by atoms with Crippen LogP contribution in [0.1, 0.15) is 20.8 Å². The Labute approximate surface area is 120 Å². The van der Waals surface area contributed by atoms with Crippen molar-refractivity contribution in [2.24, 2.45) is 0 Å². The number of amides is 1. The van der Waals surface area contributed by atoms with Crippen molar-refractivity contribution in [1.82, 2.24) is 15.2 Å². The lowest BCUT2D eigenvalue weighted by atomic mass is 10.2. The van der Waals surface area contributed by atoms with Gasteiger partial charge in [0.2, 0.25) is 0 Å². The number of aromatic nitrogens is 3. The van der Waals surface area contributed by atoms with Gasteiger partial charge in [-0.15, -0.1) is 0 Å². The summed E-state index contributed by atoms with van der Waals surface area (Å²) in [5, 5.41) is 17.1. The van der Waals surface area contributed by atoms with Crippen molar-refractivity contribution < 1.29 is 14.7 Å². The van der Waals surface area contributed by atoms with Gasteiger partial charge in [-0.25, -0.2) is 9.78 Å². The molecule has 2 aromatic heterocycles. The molecule has 0 saturated carbocycles. The summed E-state index contributed by atoms with van der Waals surface area (Å²) in [7, 11) is 0. The number of carbonyl (C=O) groups is 2.